The molecule has 0 radical (unpaired) electrons. The van der Waals surface area contributed by atoms with E-state index in [4.69, 9.17) is 9.15 Å². The van der Waals surface area contributed by atoms with Gasteiger partial charge in [-0.05, 0) is 43.7 Å². The number of benzene rings is 2. The number of carbonyl (C=O) groups excluding carboxylic acids is 1. The second-order valence-corrected chi connectivity index (χ2v) is 6.32. The Bertz CT molecular complexity index is 886. The van der Waals surface area contributed by atoms with E-state index in [0.717, 1.165) is 16.9 Å². The van der Waals surface area contributed by atoms with Gasteiger partial charge in [0.25, 0.3) is 0 Å². The first kappa shape index (κ1) is 18.7. The van der Waals surface area contributed by atoms with Crippen LogP contribution in [0.2, 0.25) is 0 Å². The maximum absolute atomic E-state index is 12.8. The number of methoxy groups -OCH3 is 1. The molecule has 1 aromatic heterocycles. The zero-order valence-electron chi connectivity index (χ0n) is 15.9. The molecule has 0 N–H and O–H groups in total. The summed E-state index contributed by atoms with van der Waals surface area (Å²) >= 11 is 0. The van der Waals surface area contributed by atoms with Crippen molar-refractivity contribution in [1.82, 2.24) is 9.88 Å². The first-order valence-corrected chi connectivity index (χ1v) is 9.03. The van der Waals surface area contributed by atoms with E-state index in [1.54, 1.807) is 7.11 Å². The SMILES string of the molecule is CCN(Cc1ccccc1)C(=O)Cc1nc(-c2ccc(OC)cc2)oc1C. The maximum atomic E-state index is 12.8. The Hall–Kier alpha value is -3.08. The minimum absolute atomic E-state index is 0.0408. The molecule has 0 fully saturated rings. The highest BCUT2D eigenvalue weighted by molar-refractivity contribution is 5.78. The number of hydrogen-bond acceptors (Lipinski definition) is 4. The number of aryl methyl sites for hydroxylation is 1. The van der Waals surface area contributed by atoms with Gasteiger partial charge in [-0.1, -0.05) is 30.3 Å². The lowest BCUT2D eigenvalue weighted by atomic mass is 10.2. The molecule has 140 valence electrons. The van der Waals surface area contributed by atoms with Crippen LogP contribution in [0, 0.1) is 6.92 Å². The molecule has 0 aliphatic rings. The second-order valence-electron chi connectivity index (χ2n) is 6.32. The molecule has 27 heavy (non-hydrogen) atoms. The molecule has 0 aliphatic carbocycles. The van der Waals surface area contributed by atoms with Crippen LogP contribution in [0.5, 0.6) is 5.75 Å². The molecule has 3 rings (SSSR count). The lowest BCUT2D eigenvalue weighted by molar-refractivity contribution is -0.130. The fourth-order valence-corrected chi connectivity index (χ4v) is 2.88. The molecule has 1 amide bonds. The Morgan fingerprint density at radius 2 is 1.81 bits per heavy atom. The fourth-order valence-electron chi connectivity index (χ4n) is 2.88. The summed E-state index contributed by atoms with van der Waals surface area (Å²) in [5.41, 5.74) is 2.65. The molecule has 5 nitrogen and oxygen atoms in total. The summed E-state index contributed by atoms with van der Waals surface area (Å²) in [6.07, 6.45) is 0.228. The van der Waals surface area contributed by atoms with Gasteiger partial charge < -0.3 is 14.1 Å². The Kier molecular flexibility index (Phi) is 5.91. The average Bonchev–Trinajstić information content (AvgIpc) is 3.07. The van der Waals surface area contributed by atoms with Gasteiger partial charge in [-0.25, -0.2) is 4.98 Å². The van der Waals surface area contributed by atoms with Crippen LogP contribution in [0.15, 0.2) is 59.0 Å². The topological polar surface area (TPSA) is 55.6 Å². The molecule has 1 heterocycles. The van der Waals surface area contributed by atoms with Crippen LogP contribution in [0.3, 0.4) is 0 Å². The van der Waals surface area contributed by atoms with Crippen LogP contribution >= 0.6 is 0 Å². The summed E-state index contributed by atoms with van der Waals surface area (Å²) in [5.74, 6) is 2.00. The fraction of sp³-hybridized carbons (Fsp3) is 0.273. The number of hydrogen-bond donors (Lipinski definition) is 0. The first-order chi connectivity index (χ1) is 13.1. The van der Waals surface area contributed by atoms with Crippen LogP contribution in [0.25, 0.3) is 11.5 Å². The van der Waals surface area contributed by atoms with Crippen molar-refractivity contribution in [2.45, 2.75) is 26.8 Å². The normalized spacial score (nSPS) is 10.6. The zero-order valence-corrected chi connectivity index (χ0v) is 15.9. The molecule has 0 bridgehead atoms. The van der Waals surface area contributed by atoms with Gasteiger partial charge in [0.2, 0.25) is 11.8 Å². The van der Waals surface area contributed by atoms with Crippen LogP contribution in [-0.4, -0.2) is 29.4 Å². The van der Waals surface area contributed by atoms with Crippen molar-refractivity contribution in [2.24, 2.45) is 0 Å². The summed E-state index contributed by atoms with van der Waals surface area (Å²) in [6, 6.07) is 17.5. The lowest BCUT2D eigenvalue weighted by Gasteiger charge is -2.20. The first-order valence-electron chi connectivity index (χ1n) is 9.03. The predicted octanol–water partition coefficient (Wildman–Crippen LogP) is 4.25. The monoisotopic (exact) mass is 364 g/mol. The molecule has 5 heteroatoms. The van der Waals surface area contributed by atoms with E-state index in [1.807, 2.05) is 73.3 Å². The van der Waals surface area contributed by atoms with E-state index in [-0.39, 0.29) is 12.3 Å². The van der Waals surface area contributed by atoms with E-state index >= 15 is 0 Å². The van der Waals surface area contributed by atoms with Crippen LogP contribution < -0.4 is 4.74 Å². The van der Waals surface area contributed by atoms with Gasteiger partial charge in [0.15, 0.2) is 0 Å². The minimum Gasteiger partial charge on any atom is -0.497 e. The number of oxazole rings is 1. The van der Waals surface area contributed by atoms with Gasteiger partial charge in [0, 0.05) is 18.7 Å². The predicted molar refractivity (Wildman–Crippen MR) is 104 cm³/mol. The lowest BCUT2D eigenvalue weighted by Crippen LogP contribution is -2.31. The van der Waals surface area contributed by atoms with Crippen LogP contribution in [0.1, 0.15) is 23.9 Å². The summed E-state index contributed by atoms with van der Waals surface area (Å²) in [7, 11) is 1.63. The molecular weight excluding hydrogens is 340 g/mol. The average molecular weight is 364 g/mol. The van der Waals surface area contributed by atoms with Gasteiger partial charge in [0.05, 0.1) is 19.2 Å². The summed E-state index contributed by atoms with van der Waals surface area (Å²) in [4.78, 5) is 19.1. The van der Waals surface area contributed by atoms with Gasteiger partial charge in [-0.2, -0.15) is 0 Å². The van der Waals surface area contributed by atoms with Crippen molar-refractivity contribution >= 4 is 5.91 Å². The number of rotatable bonds is 7. The van der Waals surface area contributed by atoms with Crippen molar-refractivity contribution < 1.29 is 13.9 Å². The number of ether oxygens (including phenoxy) is 1. The van der Waals surface area contributed by atoms with Gasteiger partial charge in [0.1, 0.15) is 11.5 Å². The zero-order chi connectivity index (χ0) is 19.2. The standard InChI is InChI=1S/C22H24N2O3/c1-4-24(15-17-8-6-5-7-9-17)21(25)14-20-16(2)27-22(23-20)18-10-12-19(26-3)13-11-18/h5-13H,4,14-15H2,1-3H3. The third-order valence-electron chi connectivity index (χ3n) is 4.50. The van der Waals surface area contributed by atoms with E-state index in [0.29, 0.717) is 30.4 Å². The highest BCUT2D eigenvalue weighted by atomic mass is 16.5. The van der Waals surface area contributed by atoms with Crippen molar-refractivity contribution in [2.75, 3.05) is 13.7 Å². The number of likely N-dealkylation sites (N-methyl/N-ethyl adjacent to an activating group) is 1. The molecule has 0 saturated heterocycles. The molecule has 2 aromatic carbocycles. The van der Waals surface area contributed by atoms with Crippen molar-refractivity contribution in [3.63, 3.8) is 0 Å². The Morgan fingerprint density at radius 3 is 2.44 bits per heavy atom. The molecule has 3 aromatic rings. The van der Waals surface area contributed by atoms with Crippen molar-refractivity contribution in [3.8, 4) is 17.2 Å². The Morgan fingerprint density at radius 1 is 1.11 bits per heavy atom. The number of nitrogens with zero attached hydrogens (tertiary/aromatic N) is 2. The summed E-state index contributed by atoms with van der Waals surface area (Å²) in [6.45, 7) is 5.07. The van der Waals surface area contributed by atoms with E-state index in [2.05, 4.69) is 4.98 Å². The van der Waals surface area contributed by atoms with Gasteiger partial charge in [-0.15, -0.1) is 0 Å². The van der Waals surface area contributed by atoms with E-state index in [1.165, 1.54) is 0 Å². The van der Waals surface area contributed by atoms with Gasteiger partial charge in [-0.3, -0.25) is 4.79 Å². The number of carbonyl (C=O) groups is 1. The number of aromatic nitrogens is 1. The quantitative estimate of drug-likeness (QED) is 0.629. The van der Waals surface area contributed by atoms with E-state index in [9.17, 15) is 4.79 Å². The minimum atomic E-state index is 0.0408. The van der Waals surface area contributed by atoms with Crippen LogP contribution in [0.4, 0.5) is 0 Å². The molecule has 0 spiro atoms. The highest BCUT2D eigenvalue weighted by Gasteiger charge is 2.18. The largest absolute Gasteiger partial charge is 0.497 e. The van der Waals surface area contributed by atoms with Gasteiger partial charge >= 0.3 is 0 Å². The Labute approximate surface area is 159 Å². The summed E-state index contributed by atoms with van der Waals surface area (Å²) < 4.78 is 11.0. The van der Waals surface area contributed by atoms with Crippen molar-refractivity contribution in [1.29, 1.82) is 0 Å². The maximum Gasteiger partial charge on any atom is 0.229 e. The van der Waals surface area contributed by atoms with E-state index < -0.39 is 0 Å². The van der Waals surface area contributed by atoms with Crippen LogP contribution in [-0.2, 0) is 17.8 Å². The Balaban J connectivity index is 1.72. The summed E-state index contributed by atoms with van der Waals surface area (Å²) in [5, 5.41) is 0. The molecule has 0 aliphatic heterocycles. The number of amides is 1. The smallest absolute Gasteiger partial charge is 0.229 e. The van der Waals surface area contributed by atoms with Crippen molar-refractivity contribution in [3.05, 3.63) is 71.6 Å². The molecule has 0 atom stereocenters. The molecule has 0 unspecified atom stereocenters. The highest BCUT2D eigenvalue weighted by Crippen LogP contribution is 2.24. The molecular formula is C22H24N2O3. The molecule has 0 saturated carbocycles. The second kappa shape index (κ2) is 8.54. The third kappa shape index (κ3) is 4.56. The third-order valence-corrected chi connectivity index (χ3v) is 4.50.